The summed E-state index contributed by atoms with van der Waals surface area (Å²) in [6, 6.07) is 6.63. The predicted octanol–water partition coefficient (Wildman–Crippen LogP) is 2.57. The Labute approximate surface area is 160 Å². The van der Waals surface area contributed by atoms with Crippen LogP contribution in [-0.2, 0) is 16.0 Å². The van der Waals surface area contributed by atoms with Crippen molar-refractivity contribution in [3.63, 3.8) is 0 Å². The molecule has 1 saturated heterocycles. The molecule has 1 aromatic rings. The van der Waals surface area contributed by atoms with Gasteiger partial charge in [-0.1, -0.05) is 31.0 Å². The zero-order valence-electron chi connectivity index (χ0n) is 15.7. The molecule has 0 aromatic heterocycles. The Balaban J connectivity index is 1.55. The summed E-state index contributed by atoms with van der Waals surface area (Å²) in [7, 11) is 0. The van der Waals surface area contributed by atoms with Crippen molar-refractivity contribution in [3.8, 4) is 0 Å². The van der Waals surface area contributed by atoms with Gasteiger partial charge in [0.25, 0.3) is 0 Å². The van der Waals surface area contributed by atoms with Crippen molar-refractivity contribution in [1.82, 2.24) is 9.80 Å². The molecule has 0 unspecified atom stereocenters. The molecule has 1 aliphatic heterocycles. The molecule has 146 valence electrons. The standard InChI is InChI=1S/C21H28N2O4/c24-19(14-16-6-1-2-7-16)22-10-5-11-23(13-12-22)20(25)15-17-8-3-4-9-18(17)21(26)27/h3-4,8-9,16H,1-2,5-7,10-15H2,(H,26,27). The number of aromatic carboxylic acids is 1. The van der Waals surface area contributed by atoms with Crippen LogP contribution in [-0.4, -0.2) is 58.9 Å². The summed E-state index contributed by atoms with van der Waals surface area (Å²) < 4.78 is 0. The topological polar surface area (TPSA) is 77.9 Å². The molecule has 1 N–H and O–H groups in total. The maximum Gasteiger partial charge on any atom is 0.335 e. The highest BCUT2D eigenvalue weighted by Crippen LogP contribution is 2.28. The quantitative estimate of drug-likeness (QED) is 0.862. The number of amides is 2. The number of benzene rings is 1. The molecule has 0 radical (unpaired) electrons. The maximum atomic E-state index is 12.7. The lowest BCUT2D eigenvalue weighted by Crippen LogP contribution is -2.38. The number of nitrogens with zero attached hydrogens (tertiary/aromatic N) is 2. The first kappa shape index (κ1) is 19.4. The highest BCUT2D eigenvalue weighted by atomic mass is 16.4. The van der Waals surface area contributed by atoms with Gasteiger partial charge in [0.1, 0.15) is 0 Å². The summed E-state index contributed by atoms with van der Waals surface area (Å²) in [5.41, 5.74) is 0.711. The van der Waals surface area contributed by atoms with Crippen molar-refractivity contribution < 1.29 is 19.5 Å². The highest BCUT2D eigenvalue weighted by molar-refractivity contribution is 5.91. The van der Waals surface area contributed by atoms with Crippen molar-refractivity contribution >= 4 is 17.8 Å². The molecule has 1 aliphatic carbocycles. The number of carboxylic acids is 1. The average Bonchev–Trinajstić information content (AvgIpc) is 3.02. The Kier molecular flexibility index (Phi) is 6.48. The minimum absolute atomic E-state index is 0.0752. The molecule has 0 bridgehead atoms. The highest BCUT2D eigenvalue weighted by Gasteiger charge is 2.25. The number of carbonyl (C=O) groups excluding carboxylic acids is 2. The van der Waals surface area contributed by atoms with E-state index in [1.54, 1.807) is 23.1 Å². The first-order valence-electron chi connectivity index (χ1n) is 9.91. The molecular weight excluding hydrogens is 344 g/mol. The van der Waals surface area contributed by atoms with Gasteiger partial charge in [0.2, 0.25) is 11.8 Å². The van der Waals surface area contributed by atoms with Gasteiger partial charge >= 0.3 is 5.97 Å². The molecule has 3 rings (SSSR count). The molecule has 0 spiro atoms. The van der Waals surface area contributed by atoms with Gasteiger partial charge < -0.3 is 14.9 Å². The Bertz CT molecular complexity index is 697. The van der Waals surface area contributed by atoms with E-state index < -0.39 is 5.97 Å². The van der Waals surface area contributed by atoms with Crippen molar-refractivity contribution in [2.45, 2.75) is 44.9 Å². The lowest BCUT2D eigenvalue weighted by atomic mass is 10.0. The number of rotatable bonds is 5. The fourth-order valence-electron chi connectivity index (χ4n) is 4.16. The third-order valence-electron chi connectivity index (χ3n) is 5.73. The monoisotopic (exact) mass is 372 g/mol. The van der Waals surface area contributed by atoms with Crippen LogP contribution in [0.3, 0.4) is 0 Å². The molecule has 1 heterocycles. The summed E-state index contributed by atoms with van der Waals surface area (Å²) in [4.78, 5) is 40.2. The molecular formula is C21H28N2O4. The van der Waals surface area contributed by atoms with Crippen LogP contribution in [0.2, 0.25) is 0 Å². The van der Waals surface area contributed by atoms with Crippen LogP contribution in [0, 0.1) is 5.92 Å². The molecule has 27 heavy (non-hydrogen) atoms. The summed E-state index contributed by atoms with van der Waals surface area (Å²) in [5.74, 6) is -0.342. The van der Waals surface area contributed by atoms with Gasteiger partial charge in [0, 0.05) is 32.6 Å². The van der Waals surface area contributed by atoms with Crippen molar-refractivity contribution in [1.29, 1.82) is 0 Å². The van der Waals surface area contributed by atoms with E-state index in [0.717, 1.165) is 19.3 Å². The van der Waals surface area contributed by atoms with Gasteiger partial charge in [0.15, 0.2) is 0 Å². The zero-order valence-corrected chi connectivity index (χ0v) is 15.7. The van der Waals surface area contributed by atoms with E-state index >= 15 is 0 Å². The van der Waals surface area contributed by atoms with E-state index in [-0.39, 0.29) is 23.8 Å². The zero-order chi connectivity index (χ0) is 19.2. The Morgan fingerprint density at radius 1 is 0.889 bits per heavy atom. The first-order chi connectivity index (χ1) is 13.0. The van der Waals surface area contributed by atoms with Crippen LogP contribution in [0.5, 0.6) is 0 Å². The summed E-state index contributed by atoms with van der Waals surface area (Å²) in [6.07, 6.45) is 6.28. The van der Waals surface area contributed by atoms with Crippen molar-refractivity contribution in [2.75, 3.05) is 26.2 Å². The van der Waals surface area contributed by atoms with Crippen LogP contribution < -0.4 is 0 Å². The van der Waals surface area contributed by atoms with Crippen LogP contribution >= 0.6 is 0 Å². The van der Waals surface area contributed by atoms with Crippen LogP contribution in [0.25, 0.3) is 0 Å². The molecule has 2 amide bonds. The van der Waals surface area contributed by atoms with Crippen molar-refractivity contribution in [3.05, 3.63) is 35.4 Å². The Morgan fingerprint density at radius 3 is 2.19 bits per heavy atom. The minimum Gasteiger partial charge on any atom is -0.478 e. The van der Waals surface area contributed by atoms with E-state index in [1.807, 2.05) is 4.90 Å². The fraction of sp³-hybridized carbons (Fsp3) is 0.571. The van der Waals surface area contributed by atoms with E-state index in [1.165, 1.54) is 18.9 Å². The number of carbonyl (C=O) groups is 3. The van der Waals surface area contributed by atoms with Gasteiger partial charge in [-0.2, -0.15) is 0 Å². The number of carboxylic acid groups (broad SMARTS) is 1. The van der Waals surface area contributed by atoms with Crippen molar-refractivity contribution in [2.24, 2.45) is 5.92 Å². The summed E-state index contributed by atoms with van der Waals surface area (Å²) in [6.45, 7) is 2.39. The molecule has 1 aromatic carbocycles. The second-order valence-electron chi connectivity index (χ2n) is 7.61. The lowest BCUT2D eigenvalue weighted by molar-refractivity contribution is -0.133. The van der Waals surface area contributed by atoms with Crippen LogP contribution in [0.4, 0.5) is 0 Å². The third-order valence-corrected chi connectivity index (χ3v) is 5.73. The van der Waals surface area contributed by atoms with E-state index in [2.05, 4.69) is 0 Å². The van der Waals surface area contributed by atoms with Gasteiger partial charge in [-0.15, -0.1) is 0 Å². The first-order valence-corrected chi connectivity index (χ1v) is 9.91. The van der Waals surface area contributed by atoms with Gasteiger partial charge in [-0.3, -0.25) is 9.59 Å². The van der Waals surface area contributed by atoms with Gasteiger partial charge in [-0.05, 0) is 36.8 Å². The van der Waals surface area contributed by atoms with Gasteiger partial charge in [0.05, 0.1) is 12.0 Å². The molecule has 1 saturated carbocycles. The van der Waals surface area contributed by atoms with E-state index in [4.69, 9.17) is 0 Å². The molecule has 6 heteroatoms. The summed E-state index contributed by atoms with van der Waals surface area (Å²) >= 11 is 0. The van der Waals surface area contributed by atoms with E-state index in [0.29, 0.717) is 44.1 Å². The Hall–Kier alpha value is -2.37. The largest absolute Gasteiger partial charge is 0.478 e. The van der Waals surface area contributed by atoms with Crippen LogP contribution in [0.1, 0.15) is 54.4 Å². The molecule has 2 aliphatic rings. The number of hydrogen-bond donors (Lipinski definition) is 1. The lowest BCUT2D eigenvalue weighted by Gasteiger charge is -2.23. The smallest absolute Gasteiger partial charge is 0.335 e. The van der Waals surface area contributed by atoms with E-state index in [9.17, 15) is 19.5 Å². The third kappa shape index (κ3) is 5.08. The average molecular weight is 372 g/mol. The molecule has 2 fully saturated rings. The van der Waals surface area contributed by atoms with Gasteiger partial charge in [-0.25, -0.2) is 4.79 Å². The SMILES string of the molecule is O=C(O)c1ccccc1CC(=O)N1CCCN(C(=O)CC2CCCC2)CC1. The molecule has 6 nitrogen and oxygen atoms in total. The Morgan fingerprint density at radius 2 is 1.52 bits per heavy atom. The number of hydrogen-bond acceptors (Lipinski definition) is 3. The second kappa shape index (κ2) is 9.02. The van der Waals surface area contributed by atoms with Crippen LogP contribution in [0.15, 0.2) is 24.3 Å². The normalized spacial score (nSPS) is 18.4. The predicted molar refractivity (Wildman–Crippen MR) is 101 cm³/mol. The minimum atomic E-state index is -1.02. The maximum absolute atomic E-state index is 12.7. The fourth-order valence-corrected chi connectivity index (χ4v) is 4.16. The second-order valence-corrected chi connectivity index (χ2v) is 7.61. The molecule has 0 atom stereocenters. The summed E-state index contributed by atoms with van der Waals surface area (Å²) in [5, 5.41) is 9.28.